The third kappa shape index (κ3) is 1.94. The van der Waals surface area contributed by atoms with Crippen LogP contribution < -0.4 is 10.6 Å². The molecule has 7 nitrogen and oxygen atoms in total. The Morgan fingerprint density at radius 1 is 1.50 bits per heavy atom. The highest BCUT2D eigenvalue weighted by Gasteiger charge is 2.32. The van der Waals surface area contributed by atoms with Gasteiger partial charge in [0, 0.05) is 25.5 Å². The number of hydrogen-bond acceptors (Lipinski definition) is 6. The van der Waals surface area contributed by atoms with Gasteiger partial charge in [0.25, 0.3) is 0 Å². The van der Waals surface area contributed by atoms with E-state index in [9.17, 15) is 4.79 Å². The molecule has 1 aromatic heterocycles. The molecule has 2 rings (SSSR count). The van der Waals surface area contributed by atoms with Crippen LogP contribution in [0.3, 0.4) is 0 Å². The number of carbonyl (C=O) groups excluding carboxylic acids is 1. The van der Waals surface area contributed by atoms with Gasteiger partial charge in [0.1, 0.15) is 5.82 Å². The van der Waals surface area contributed by atoms with Crippen LogP contribution in [0.4, 0.5) is 11.9 Å². The number of aliphatic hydroxyl groups is 1. The van der Waals surface area contributed by atoms with E-state index in [0.717, 1.165) is 0 Å². The van der Waals surface area contributed by atoms with Crippen molar-refractivity contribution in [3.63, 3.8) is 0 Å². The maximum absolute atomic E-state index is 11.6. The fourth-order valence-corrected chi connectivity index (χ4v) is 1.71. The molecule has 0 radical (unpaired) electrons. The molecule has 0 aromatic carbocycles. The van der Waals surface area contributed by atoms with Crippen molar-refractivity contribution in [3.8, 4) is 0 Å². The number of carbonyl (C=O) groups is 1. The Hall–Kier alpha value is -1.76. The minimum Gasteiger partial charge on any atom is -0.396 e. The predicted molar refractivity (Wildman–Crippen MR) is 56.5 cm³/mol. The highest BCUT2D eigenvalue weighted by atomic mass is 16.3. The average molecular weight is 223 g/mol. The lowest BCUT2D eigenvalue weighted by Crippen LogP contribution is -2.27. The van der Waals surface area contributed by atoms with Gasteiger partial charge in [-0.25, -0.2) is 0 Å². The molecular weight excluding hydrogens is 210 g/mol. The minimum absolute atomic E-state index is 0.0121. The maximum Gasteiger partial charge on any atom is 0.237 e. The summed E-state index contributed by atoms with van der Waals surface area (Å²) in [6.07, 6.45) is 0.321. The first-order valence-electron chi connectivity index (χ1n) is 4.99. The zero-order chi connectivity index (χ0) is 11.7. The smallest absolute Gasteiger partial charge is 0.237 e. The number of nitrogen functional groups attached to an aromatic ring is 1. The Bertz CT molecular complexity index is 402. The molecule has 2 heterocycles. The second-order valence-corrected chi connectivity index (χ2v) is 3.80. The second-order valence-electron chi connectivity index (χ2n) is 3.80. The molecule has 1 fully saturated rings. The van der Waals surface area contributed by atoms with Crippen molar-refractivity contribution in [2.75, 3.05) is 23.8 Å². The lowest BCUT2D eigenvalue weighted by molar-refractivity contribution is -0.117. The number of nitrogens with two attached hydrogens (primary N) is 1. The van der Waals surface area contributed by atoms with Crippen molar-refractivity contribution in [2.45, 2.75) is 13.3 Å². The summed E-state index contributed by atoms with van der Waals surface area (Å²) in [5, 5.41) is 9.00. The van der Waals surface area contributed by atoms with Crippen molar-refractivity contribution in [3.05, 3.63) is 5.82 Å². The summed E-state index contributed by atoms with van der Waals surface area (Å²) in [5.41, 5.74) is 5.49. The highest BCUT2D eigenvalue weighted by molar-refractivity contribution is 5.94. The summed E-state index contributed by atoms with van der Waals surface area (Å²) >= 11 is 0. The third-order valence-corrected chi connectivity index (χ3v) is 2.46. The SMILES string of the molecule is Cc1nc(N)nc(N2CC(CO)CC2=O)n1. The van der Waals surface area contributed by atoms with E-state index in [4.69, 9.17) is 10.8 Å². The molecular formula is C9H13N5O2. The van der Waals surface area contributed by atoms with Crippen LogP contribution in [-0.4, -0.2) is 39.1 Å². The third-order valence-electron chi connectivity index (χ3n) is 2.46. The molecule has 3 N–H and O–H groups in total. The normalized spacial score (nSPS) is 20.5. The monoisotopic (exact) mass is 223 g/mol. The van der Waals surface area contributed by atoms with E-state index in [2.05, 4.69) is 15.0 Å². The Morgan fingerprint density at radius 2 is 2.25 bits per heavy atom. The van der Waals surface area contributed by atoms with Gasteiger partial charge in [-0.15, -0.1) is 0 Å². The molecule has 1 saturated heterocycles. The zero-order valence-electron chi connectivity index (χ0n) is 8.92. The fraction of sp³-hybridized carbons (Fsp3) is 0.556. The van der Waals surface area contributed by atoms with Crippen LogP contribution in [0.25, 0.3) is 0 Å². The van der Waals surface area contributed by atoms with Gasteiger partial charge in [-0.2, -0.15) is 15.0 Å². The second kappa shape index (κ2) is 4.01. The van der Waals surface area contributed by atoms with Gasteiger partial charge in [-0.1, -0.05) is 0 Å². The number of aryl methyl sites for hydroxylation is 1. The Labute approximate surface area is 92.3 Å². The van der Waals surface area contributed by atoms with Crippen molar-refractivity contribution < 1.29 is 9.90 Å². The lowest BCUT2D eigenvalue weighted by Gasteiger charge is -2.14. The number of rotatable bonds is 2. The molecule has 0 aliphatic carbocycles. The van der Waals surface area contributed by atoms with Gasteiger partial charge >= 0.3 is 0 Å². The van der Waals surface area contributed by atoms with E-state index < -0.39 is 0 Å². The first-order chi connectivity index (χ1) is 7.60. The molecule has 1 unspecified atom stereocenters. The number of amides is 1. The van der Waals surface area contributed by atoms with E-state index >= 15 is 0 Å². The molecule has 1 atom stereocenters. The molecule has 0 saturated carbocycles. The first kappa shape index (κ1) is 10.7. The van der Waals surface area contributed by atoms with E-state index in [1.165, 1.54) is 4.90 Å². The van der Waals surface area contributed by atoms with Crippen LogP contribution >= 0.6 is 0 Å². The largest absolute Gasteiger partial charge is 0.396 e. The Morgan fingerprint density at radius 3 is 2.81 bits per heavy atom. The summed E-state index contributed by atoms with van der Waals surface area (Å²) in [6, 6.07) is 0. The highest BCUT2D eigenvalue weighted by Crippen LogP contribution is 2.21. The summed E-state index contributed by atoms with van der Waals surface area (Å²) < 4.78 is 0. The van der Waals surface area contributed by atoms with Crippen LogP contribution in [0, 0.1) is 12.8 Å². The average Bonchev–Trinajstić information content (AvgIpc) is 2.58. The molecule has 16 heavy (non-hydrogen) atoms. The first-order valence-corrected chi connectivity index (χ1v) is 4.99. The van der Waals surface area contributed by atoms with Crippen LogP contribution in [0.5, 0.6) is 0 Å². The van der Waals surface area contributed by atoms with E-state index in [1.807, 2.05) is 0 Å². The fourth-order valence-electron chi connectivity index (χ4n) is 1.71. The Balaban J connectivity index is 2.27. The molecule has 7 heteroatoms. The molecule has 0 spiro atoms. The summed E-state index contributed by atoms with van der Waals surface area (Å²) in [5.74, 6) is 0.700. The number of aromatic nitrogens is 3. The van der Waals surface area contributed by atoms with E-state index in [1.54, 1.807) is 6.92 Å². The quantitative estimate of drug-likeness (QED) is 0.673. The molecule has 1 amide bonds. The van der Waals surface area contributed by atoms with Gasteiger partial charge in [0.2, 0.25) is 17.8 Å². The summed E-state index contributed by atoms with van der Waals surface area (Å²) in [6.45, 7) is 2.10. The number of hydrogen-bond donors (Lipinski definition) is 2. The predicted octanol–water partition coefficient (Wildman–Crippen LogP) is -0.893. The standard InChI is InChI=1S/C9H13N5O2/c1-5-11-8(10)13-9(12-5)14-3-6(4-15)2-7(14)16/h6,15H,2-4H2,1H3,(H2,10,11,12,13). The van der Waals surface area contributed by atoms with Gasteiger partial charge in [0.15, 0.2) is 0 Å². The van der Waals surface area contributed by atoms with Crippen LogP contribution in [0.2, 0.25) is 0 Å². The van der Waals surface area contributed by atoms with E-state index in [-0.39, 0.29) is 30.3 Å². The molecule has 1 aliphatic heterocycles. The van der Waals surface area contributed by atoms with Crippen molar-refractivity contribution in [1.29, 1.82) is 0 Å². The van der Waals surface area contributed by atoms with Crippen molar-refractivity contribution in [1.82, 2.24) is 15.0 Å². The van der Waals surface area contributed by atoms with Gasteiger partial charge in [-0.3, -0.25) is 9.69 Å². The maximum atomic E-state index is 11.6. The molecule has 86 valence electrons. The molecule has 1 aliphatic rings. The summed E-state index contributed by atoms with van der Waals surface area (Å²) in [4.78, 5) is 24.9. The number of nitrogens with zero attached hydrogens (tertiary/aromatic N) is 4. The van der Waals surface area contributed by atoms with Crippen LogP contribution in [0.1, 0.15) is 12.2 Å². The number of anilines is 2. The zero-order valence-corrected chi connectivity index (χ0v) is 8.92. The van der Waals surface area contributed by atoms with Crippen molar-refractivity contribution >= 4 is 17.8 Å². The topological polar surface area (TPSA) is 105 Å². The van der Waals surface area contributed by atoms with Gasteiger partial charge in [0.05, 0.1) is 0 Å². The van der Waals surface area contributed by atoms with Crippen molar-refractivity contribution in [2.24, 2.45) is 5.92 Å². The minimum atomic E-state index is -0.0935. The number of aliphatic hydroxyl groups excluding tert-OH is 1. The molecule has 0 bridgehead atoms. The van der Waals surface area contributed by atoms with Crippen LogP contribution in [0.15, 0.2) is 0 Å². The Kier molecular flexibility index (Phi) is 2.69. The van der Waals surface area contributed by atoms with Gasteiger partial charge < -0.3 is 10.8 Å². The summed E-state index contributed by atoms with van der Waals surface area (Å²) in [7, 11) is 0. The molecule has 1 aromatic rings. The lowest BCUT2D eigenvalue weighted by atomic mass is 10.1. The van der Waals surface area contributed by atoms with Crippen LogP contribution in [-0.2, 0) is 4.79 Å². The van der Waals surface area contributed by atoms with Gasteiger partial charge in [-0.05, 0) is 6.92 Å². The van der Waals surface area contributed by atoms with E-state index in [0.29, 0.717) is 18.8 Å².